The van der Waals surface area contributed by atoms with Crippen molar-refractivity contribution in [2.24, 2.45) is 5.92 Å². The number of nitrogens with zero attached hydrogens (tertiary/aromatic N) is 1. The highest BCUT2D eigenvalue weighted by Crippen LogP contribution is 2.25. The molecule has 2 amide bonds. The number of benzene rings is 1. The van der Waals surface area contributed by atoms with Crippen LogP contribution >= 0.6 is 11.6 Å². The fourth-order valence-corrected chi connectivity index (χ4v) is 2.96. The van der Waals surface area contributed by atoms with Crippen LogP contribution in [0.5, 0.6) is 0 Å². The summed E-state index contributed by atoms with van der Waals surface area (Å²) in [6.45, 7) is 7.14. The lowest BCUT2D eigenvalue weighted by Crippen LogP contribution is -2.43. The van der Waals surface area contributed by atoms with Gasteiger partial charge >= 0.3 is 0 Å². The van der Waals surface area contributed by atoms with Gasteiger partial charge in [-0.1, -0.05) is 23.7 Å². The van der Waals surface area contributed by atoms with Gasteiger partial charge in [0, 0.05) is 30.1 Å². The van der Waals surface area contributed by atoms with E-state index in [4.69, 9.17) is 11.6 Å². The molecule has 23 heavy (non-hydrogen) atoms. The van der Waals surface area contributed by atoms with E-state index >= 15 is 0 Å². The summed E-state index contributed by atoms with van der Waals surface area (Å²) in [5, 5.41) is 3.69. The molecule has 1 aliphatic heterocycles. The standard InChI is InChI=1S/C18H25ClN2O2/c1-18(2,3)21-12-14(11-16(21)22)17(23)20-10-4-5-13-6-8-15(19)9-7-13/h6-9,14H,4-5,10-12H2,1-3H3,(H,20,23)/t14-/m0/s1. The average molecular weight is 337 g/mol. The molecular weight excluding hydrogens is 312 g/mol. The minimum absolute atomic E-state index is 0.0128. The highest BCUT2D eigenvalue weighted by Gasteiger charge is 2.39. The Morgan fingerprint density at radius 2 is 1.96 bits per heavy atom. The van der Waals surface area contributed by atoms with Gasteiger partial charge in [-0.25, -0.2) is 0 Å². The van der Waals surface area contributed by atoms with Crippen LogP contribution in [0.4, 0.5) is 0 Å². The molecule has 1 heterocycles. The molecule has 126 valence electrons. The van der Waals surface area contributed by atoms with E-state index in [1.807, 2.05) is 45.0 Å². The first-order valence-electron chi connectivity index (χ1n) is 8.10. The van der Waals surface area contributed by atoms with Gasteiger partial charge in [0.2, 0.25) is 11.8 Å². The number of likely N-dealkylation sites (tertiary alicyclic amines) is 1. The maximum absolute atomic E-state index is 12.2. The number of hydrogen-bond donors (Lipinski definition) is 1. The summed E-state index contributed by atoms with van der Waals surface area (Å²) >= 11 is 5.85. The molecule has 1 atom stereocenters. The van der Waals surface area contributed by atoms with Gasteiger partial charge in [-0.2, -0.15) is 0 Å². The van der Waals surface area contributed by atoms with Gasteiger partial charge in [-0.15, -0.1) is 0 Å². The van der Waals surface area contributed by atoms with Gasteiger partial charge in [-0.05, 0) is 51.3 Å². The largest absolute Gasteiger partial charge is 0.356 e. The minimum Gasteiger partial charge on any atom is -0.356 e. The third-order valence-corrected chi connectivity index (χ3v) is 4.41. The first-order chi connectivity index (χ1) is 10.8. The predicted octanol–water partition coefficient (Wildman–Crippen LogP) is 3.04. The van der Waals surface area contributed by atoms with E-state index in [9.17, 15) is 9.59 Å². The van der Waals surface area contributed by atoms with Gasteiger partial charge in [0.15, 0.2) is 0 Å². The van der Waals surface area contributed by atoms with Gasteiger partial charge in [0.05, 0.1) is 5.92 Å². The molecule has 4 nitrogen and oxygen atoms in total. The Morgan fingerprint density at radius 1 is 1.30 bits per heavy atom. The Morgan fingerprint density at radius 3 is 2.52 bits per heavy atom. The van der Waals surface area contributed by atoms with Crippen LogP contribution in [0.15, 0.2) is 24.3 Å². The maximum Gasteiger partial charge on any atom is 0.225 e. The molecule has 1 aromatic rings. The number of carbonyl (C=O) groups is 2. The molecule has 2 rings (SSSR count). The van der Waals surface area contributed by atoms with E-state index < -0.39 is 0 Å². The molecule has 0 aromatic heterocycles. The third-order valence-electron chi connectivity index (χ3n) is 4.16. The van der Waals surface area contributed by atoms with E-state index in [1.165, 1.54) is 5.56 Å². The summed E-state index contributed by atoms with van der Waals surface area (Å²) in [4.78, 5) is 26.0. The Balaban J connectivity index is 1.73. The quantitative estimate of drug-likeness (QED) is 0.840. The first-order valence-corrected chi connectivity index (χ1v) is 8.48. The van der Waals surface area contributed by atoms with Crippen LogP contribution in [0.2, 0.25) is 5.02 Å². The van der Waals surface area contributed by atoms with Crippen LogP contribution in [0.25, 0.3) is 0 Å². The van der Waals surface area contributed by atoms with Crippen LogP contribution in [-0.2, 0) is 16.0 Å². The fraction of sp³-hybridized carbons (Fsp3) is 0.556. The van der Waals surface area contributed by atoms with Crippen molar-refractivity contribution in [2.45, 2.75) is 45.6 Å². The van der Waals surface area contributed by atoms with Crippen molar-refractivity contribution in [2.75, 3.05) is 13.1 Å². The van der Waals surface area contributed by atoms with E-state index in [0.717, 1.165) is 17.9 Å². The minimum atomic E-state index is -0.225. The summed E-state index contributed by atoms with van der Waals surface area (Å²) in [6.07, 6.45) is 2.09. The summed E-state index contributed by atoms with van der Waals surface area (Å²) in [5.41, 5.74) is 0.986. The summed E-state index contributed by atoms with van der Waals surface area (Å²) in [5.74, 6) is -0.169. The van der Waals surface area contributed by atoms with Crippen molar-refractivity contribution >= 4 is 23.4 Å². The molecule has 1 aromatic carbocycles. The topological polar surface area (TPSA) is 49.4 Å². The number of hydrogen-bond acceptors (Lipinski definition) is 2. The van der Waals surface area contributed by atoms with Crippen LogP contribution < -0.4 is 5.32 Å². The lowest BCUT2D eigenvalue weighted by molar-refractivity contribution is -0.132. The molecule has 1 fully saturated rings. The summed E-state index contributed by atoms with van der Waals surface area (Å²) in [7, 11) is 0. The number of rotatable bonds is 5. The highest BCUT2D eigenvalue weighted by molar-refractivity contribution is 6.30. The zero-order chi connectivity index (χ0) is 17.0. The number of nitrogens with one attached hydrogen (secondary N) is 1. The SMILES string of the molecule is CC(C)(C)N1C[C@@H](C(=O)NCCCc2ccc(Cl)cc2)CC1=O. The van der Waals surface area contributed by atoms with E-state index in [2.05, 4.69) is 5.32 Å². The number of amides is 2. The lowest BCUT2D eigenvalue weighted by atomic mass is 10.1. The molecular formula is C18H25ClN2O2. The van der Waals surface area contributed by atoms with Crippen LogP contribution in [-0.4, -0.2) is 35.3 Å². The first kappa shape index (κ1) is 17.8. The zero-order valence-electron chi connectivity index (χ0n) is 14.1. The normalized spacial score (nSPS) is 18.3. The van der Waals surface area contributed by atoms with E-state index in [-0.39, 0.29) is 23.3 Å². The van der Waals surface area contributed by atoms with Crippen molar-refractivity contribution in [3.63, 3.8) is 0 Å². The maximum atomic E-state index is 12.2. The molecule has 0 saturated carbocycles. The third kappa shape index (κ3) is 4.96. The lowest BCUT2D eigenvalue weighted by Gasteiger charge is -2.31. The van der Waals surface area contributed by atoms with Crippen molar-refractivity contribution in [3.05, 3.63) is 34.9 Å². The summed E-state index contributed by atoms with van der Waals surface area (Å²) < 4.78 is 0. The second-order valence-corrected chi connectivity index (χ2v) is 7.53. The molecule has 0 unspecified atom stereocenters. The average Bonchev–Trinajstić information content (AvgIpc) is 2.87. The number of carbonyl (C=O) groups excluding carboxylic acids is 2. The Labute approximate surface area is 143 Å². The molecule has 1 aliphatic rings. The molecule has 0 radical (unpaired) electrons. The monoisotopic (exact) mass is 336 g/mol. The molecule has 1 saturated heterocycles. The van der Waals surface area contributed by atoms with Crippen molar-refractivity contribution in [1.82, 2.24) is 10.2 Å². The molecule has 5 heteroatoms. The zero-order valence-corrected chi connectivity index (χ0v) is 14.8. The summed E-state index contributed by atoms with van der Waals surface area (Å²) in [6, 6.07) is 7.75. The van der Waals surface area contributed by atoms with Gasteiger partial charge in [0.1, 0.15) is 0 Å². The Kier molecular flexibility index (Phi) is 5.69. The van der Waals surface area contributed by atoms with Gasteiger partial charge in [0.25, 0.3) is 0 Å². The van der Waals surface area contributed by atoms with Gasteiger partial charge < -0.3 is 10.2 Å². The smallest absolute Gasteiger partial charge is 0.225 e. The van der Waals surface area contributed by atoms with Gasteiger partial charge in [-0.3, -0.25) is 9.59 Å². The van der Waals surface area contributed by atoms with E-state index in [1.54, 1.807) is 4.90 Å². The second kappa shape index (κ2) is 7.35. The number of halogens is 1. The Hall–Kier alpha value is -1.55. The van der Waals surface area contributed by atoms with E-state index in [0.29, 0.717) is 19.5 Å². The molecule has 0 spiro atoms. The second-order valence-electron chi connectivity index (χ2n) is 7.10. The van der Waals surface area contributed by atoms with Crippen molar-refractivity contribution in [3.8, 4) is 0 Å². The fourth-order valence-electron chi connectivity index (χ4n) is 2.83. The number of aryl methyl sites for hydroxylation is 1. The molecule has 0 aliphatic carbocycles. The Bertz CT molecular complexity index is 563. The van der Waals surface area contributed by atoms with Crippen LogP contribution in [0, 0.1) is 5.92 Å². The van der Waals surface area contributed by atoms with Crippen molar-refractivity contribution < 1.29 is 9.59 Å². The molecule has 0 bridgehead atoms. The highest BCUT2D eigenvalue weighted by atomic mass is 35.5. The molecule has 1 N–H and O–H groups in total. The van der Waals surface area contributed by atoms with Crippen molar-refractivity contribution in [1.29, 1.82) is 0 Å². The van der Waals surface area contributed by atoms with Crippen LogP contribution in [0.1, 0.15) is 39.2 Å². The van der Waals surface area contributed by atoms with Crippen LogP contribution in [0.3, 0.4) is 0 Å². The predicted molar refractivity (Wildman–Crippen MR) is 92.4 cm³/mol.